The minimum absolute atomic E-state index is 0.0609. The summed E-state index contributed by atoms with van der Waals surface area (Å²) in [5.41, 5.74) is 1.49. The van der Waals surface area contributed by atoms with Crippen molar-refractivity contribution in [3.8, 4) is 0 Å². The Labute approximate surface area is 162 Å². The standard InChI is InChI=1S/C22H20N4O2/c27-20-17-7-3-4-8-18(17)24-22(25-20)10-13-26(14-11-22)21(28)19-16-6-2-1-5-15(16)9-12-23-19/h1-9,12,24H,10-11,13-14H2,(H,25,27). The Balaban J connectivity index is 1.36. The Kier molecular flexibility index (Phi) is 3.79. The SMILES string of the molecule is O=C1NC2(CCN(C(=O)c3nccc4ccccc34)CC2)Nc2ccccc21. The van der Waals surface area contributed by atoms with Gasteiger partial charge in [-0.25, -0.2) is 0 Å². The van der Waals surface area contributed by atoms with Crippen molar-refractivity contribution in [3.63, 3.8) is 0 Å². The Morgan fingerprint density at radius 2 is 1.71 bits per heavy atom. The van der Waals surface area contributed by atoms with E-state index in [1.54, 1.807) is 6.20 Å². The number of carbonyl (C=O) groups excluding carboxylic acids is 2. The Hall–Kier alpha value is -3.41. The van der Waals surface area contributed by atoms with Gasteiger partial charge in [0, 0.05) is 43.2 Å². The van der Waals surface area contributed by atoms with Gasteiger partial charge < -0.3 is 15.5 Å². The third-order valence-corrected chi connectivity index (χ3v) is 5.68. The molecule has 0 aliphatic carbocycles. The van der Waals surface area contributed by atoms with E-state index < -0.39 is 5.66 Å². The van der Waals surface area contributed by atoms with E-state index in [-0.39, 0.29) is 11.8 Å². The third-order valence-electron chi connectivity index (χ3n) is 5.68. The summed E-state index contributed by atoms with van der Waals surface area (Å²) in [6.07, 6.45) is 2.97. The van der Waals surface area contributed by atoms with Crippen LogP contribution in [0.3, 0.4) is 0 Å². The van der Waals surface area contributed by atoms with Crippen molar-refractivity contribution in [1.82, 2.24) is 15.2 Å². The number of aromatic nitrogens is 1. The zero-order chi connectivity index (χ0) is 19.1. The summed E-state index contributed by atoms with van der Waals surface area (Å²) in [4.78, 5) is 31.8. The molecule has 2 N–H and O–H groups in total. The number of nitrogens with zero attached hydrogens (tertiary/aromatic N) is 2. The molecule has 3 heterocycles. The molecule has 0 bridgehead atoms. The van der Waals surface area contributed by atoms with Gasteiger partial charge in [-0.3, -0.25) is 14.6 Å². The molecule has 0 radical (unpaired) electrons. The van der Waals surface area contributed by atoms with Crippen LogP contribution in [-0.2, 0) is 0 Å². The molecular weight excluding hydrogens is 352 g/mol. The second-order valence-corrected chi connectivity index (χ2v) is 7.38. The smallest absolute Gasteiger partial charge is 0.273 e. The second kappa shape index (κ2) is 6.34. The number of benzene rings is 2. The summed E-state index contributed by atoms with van der Waals surface area (Å²) in [5.74, 6) is -0.126. The molecule has 2 aliphatic rings. The number of amides is 2. The minimum Gasteiger partial charge on any atom is -0.362 e. The summed E-state index contributed by atoms with van der Waals surface area (Å²) in [6, 6.07) is 17.2. The maximum Gasteiger partial charge on any atom is 0.273 e. The van der Waals surface area contributed by atoms with Crippen LogP contribution in [0, 0.1) is 0 Å². The molecule has 5 rings (SSSR count). The van der Waals surface area contributed by atoms with Crippen molar-refractivity contribution in [2.45, 2.75) is 18.5 Å². The maximum atomic E-state index is 13.1. The number of rotatable bonds is 1. The van der Waals surface area contributed by atoms with E-state index in [1.807, 2.05) is 59.5 Å². The van der Waals surface area contributed by atoms with Gasteiger partial charge in [0.1, 0.15) is 11.4 Å². The molecule has 2 aliphatic heterocycles. The molecule has 0 unspecified atom stereocenters. The zero-order valence-corrected chi connectivity index (χ0v) is 15.3. The van der Waals surface area contributed by atoms with Crippen LogP contribution < -0.4 is 10.6 Å². The lowest BCUT2D eigenvalue weighted by Crippen LogP contribution is -2.62. The van der Waals surface area contributed by atoms with Crippen molar-refractivity contribution >= 4 is 28.3 Å². The minimum atomic E-state index is -0.506. The van der Waals surface area contributed by atoms with E-state index in [4.69, 9.17) is 0 Å². The van der Waals surface area contributed by atoms with E-state index in [0.717, 1.165) is 16.5 Å². The van der Waals surface area contributed by atoms with Crippen LogP contribution >= 0.6 is 0 Å². The lowest BCUT2D eigenvalue weighted by Gasteiger charge is -2.45. The molecular formula is C22H20N4O2. The summed E-state index contributed by atoms with van der Waals surface area (Å²) < 4.78 is 0. The molecule has 1 spiro atoms. The van der Waals surface area contributed by atoms with Gasteiger partial charge in [-0.1, -0.05) is 36.4 Å². The van der Waals surface area contributed by atoms with Crippen LogP contribution in [0.1, 0.15) is 33.7 Å². The first-order valence-electron chi connectivity index (χ1n) is 9.48. The zero-order valence-electron chi connectivity index (χ0n) is 15.3. The number of likely N-dealkylation sites (tertiary alicyclic amines) is 1. The van der Waals surface area contributed by atoms with Gasteiger partial charge in [-0.2, -0.15) is 0 Å². The molecule has 1 fully saturated rings. The van der Waals surface area contributed by atoms with Crippen molar-refractivity contribution in [2.75, 3.05) is 18.4 Å². The summed E-state index contributed by atoms with van der Waals surface area (Å²) in [5, 5.41) is 8.47. The van der Waals surface area contributed by atoms with Gasteiger partial charge >= 0.3 is 0 Å². The van der Waals surface area contributed by atoms with Crippen molar-refractivity contribution in [3.05, 3.63) is 72.1 Å². The summed E-state index contributed by atoms with van der Waals surface area (Å²) in [7, 11) is 0. The topological polar surface area (TPSA) is 74.3 Å². The van der Waals surface area contributed by atoms with Crippen LogP contribution in [0.5, 0.6) is 0 Å². The molecule has 0 saturated carbocycles. The van der Waals surface area contributed by atoms with Crippen molar-refractivity contribution < 1.29 is 9.59 Å². The summed E-state index contributed by atoms with van der Waals surface area (Å²) >= 11 is 0. The van der Waals surface area contributed by atoms with Gasteiger partial charge in [-0.05, 0) is 23.6 Å². The van der Waals surface area contributed by atoms with E-state index >= 15 is 0 Å². The highest BCUT2D eigenvalue weighted by molar-refractivity contribution is 6.05. The molecule has 2 amide bonds. The van der Waals surface area contributed by atoms with Crippen molar-refractivity contribution in [2.24, 2.45) is 0 Å². The molecule has 1 aromatic heterocycles. The fourth-order valence-electron chi connectivity index (χ4n) is 4.15. The number of para-hydroxylation sites is 1. The predicted octanol–water partition coefficient (Wildman–Crippen LogP) is 3.02. The maximum absolute atomic E-state index is 13.1. The highest BCUT2D eigenvalue weighted by atomic mass is 16.2. The largest absolute Gasteiger partial charge is 0.362 e. The fraction of sp³-hybridized carbons (Fsp3) is 0.227. The molecule has 2 aromatic carbocycles. The molecule has 28 heavy (non-hydrogen) atoms. The lowest BCUT2D eigenvalue weighted by molar-refractivity contribution is 0.0636. The number of pyridine rings is 1. The van der Waals surface area contributed by atoms with Crippen LogP contribution in [0.25, 0.3) is 10.8 Å². The number of hydrogen-bond acceptors (Lipinski definition) is 4. The molecule has 0 atom stereocenters. The molecule has 3 aromatic rings. The molecule has 140 valence electrons. The molecule has 6 nitrogen and oxygen atoms in total. The van der Waals surface area contributed by atoms with E-state index in [1.165, 1.54) is 0 Å². The highest BCUT2D eigenvalue weighted by Crippen LogP contribution is 2.31. The average molecular weight is 372 g/mol. The lowest BCUT2D eigenvalue weighted by atomic mass is 9.92. The van der Waals surface area contributed by atoms with Crippen LogP contribution in [0.2, 0.25) is 0 Å². The molecule has 6 heteroatoms. The first-order valence-corrected chi connectivity index (χ1v) is 9.48. The normalized spacial score (nSPS) is 17.7. The van der Waals surface area contributed by atoms with Gasteiger partial charge in [0.15, 0.2) is 0 Å². The van der Waals surface area contributed by atoms with Crippen LogP contribution in [-0.4, -0.2) is 40.5 Å². The Morgan fingerprint density at radius 1 is 0.964 bits per heavy atom. The number of hydrogen-bond donors (Lipinski definition) is 2. The monoisotopic (exact) mass is 372 g/mol. The van der Waals surface area contributed by atoms with E-state index in [0.29, 0.717) is 37.2 Å². The Morgan fingerprint density at radius 3 is 2.57 bits per heavy atom. The van der Waals surface area contributed by atoms with Gasteiger partial charge in [0.25, 0.3) is 11.8 Å². The number of fused-ring (bicyclic) bond motifs is 2. The van der Waals surface area contributed by atoms with Gasteiger partial charge in [0.05, 0.1) is 5.56 Å². The quantitative estimate of drug-likeness (QED) is 0.689. The molecule has 1 saturated heterocycles. The summed E-state index contributed by atoms with van der Waals surface area (Å²) in [6.45, 7) is 1.11. The van der Waals surface area contributed by atoms with E-state index in [2.05, 4.69) is 15.6 Å². The fourth-order valence-corrected chi connectivity index (χ4v) is 4.15. The van der Waals surface area contributed by atoms with Gasteiger partial charge in [0.2, 0.25) is 0 Å². The third kappa shape index (κ3) is 2.69. The van der Waals surface area contributed by atoms with Crippen LogP contribution in [0.4, 0.5) is 5.69 Å². The second-order valence-electron chi connectivity index (χ2n) is 7.38. The first-order chi connectivity index (χ1) is 13.7. The number of nitrogens with one attached hydrogen (secondary N) is 2. The van der Waals surface area contributed by atoms with E-state index in [9.17, 15) is 9.59 Å². The number of anilines is 1. The highest BCUT2D eigenvalue weighted by Gasteiger charge is 2.41. The Bertz CT molecular complexity index is 1080. The average Bonchev–Trinajstić information content (AvgIpc) is 2.73. The number of piperidine rings is 1. The predicted molar refractivity (Wildman–Crippen MR) is 107 cm³/mol. The van der Waals surface area contributed by atoms with Crippen molar-refractivity contribution in [1.29, 1.82) is 0 Å². The van der Waals surface area contributed by atoms with Crippen LogP contribution in [0.15, 0.2) is 60.8 Å². The first kappa shape index (κ1) is 16.7. The van der Waals surface area contributed by atoms with Gasteiger partial charge in [-0.15, -0.1) is 0 Å². The number of carbonyl (C=O) groups is 2.